The van der Waals surface area contributed by atoms with Crippen molar-refractivity contribution in [2.24, 2.45) is 4.99 Å². The molecule has 0 saturated carbocycles. The number of phenols is 1. The molecule has 2 aromatic rings. The molecule has 152 valence electrons. The van der Waals surface area contributed by atoms with Crippen LogP contribution in [-0.4, -0.2) is 44.2 Å². The summed E-state index contributed by atoms with van der Waals surface area (Å²) in [5, 5.41) is 22.9. The lowest BCUT2D eigenvalue weighted by molar-refractivity contribution is -0.384. The van der Waals surface area contributed by atoms with Gasteiger partial charge in [0, 0.05) is 17.7 Å². The van der Waals surface area contributed by atoms with Crippen LogP contribution in [0, 0.1) is 10.1 Å². The van der Waals surface area contributed by atoms with Gasteiger partial charge in [-0.1, -0.05) is 12.1 Å². The van der Waals surface area contributed by atoms with Crippen LogP contribution in [0.15, 0.2) is 47.5 Å². The number of hydrogen-bond donors (Lipinski definition) is 2. The smallest absolute Gasteiger partial charge is 0.352 e. The van der Waals surface area contributed by atoms with E-state index < -0.39 is 27.6 Å². The number of fused-ring (bicyclic) bond motifs is 1. The van der Waals surface area contributed by atoms with Gasteiger partial charge in [-0.3, -0.25) is 19.7 Å². The van der Waals surface area contributed by atoms with Gasteiger partial charge in [0.05, 0.1) is 16.4 Å². The van der Waals surface area contributed by atoms with Gasteiger partial charge in [0.25, 0.3) is 11.6 Å². The molecule has 0 aromatic heterocycles. The number of nitro groups is 1. The highest BCUT2D eigenvalue weighted by Crippen LogP contribution is 2.45. The minimum Gasteiger partial charge on any atom is -0.508 e. The van der Waals surface area contributed by atoms with Gasteiger partial charge < -0.3 is 10.4 Å². The molecule has 11 heteroatoms. The molecule has 4 amide bonds. The summed E-state index contributed by atoms with van der Waals surface area (Å²) in [5.74, 6) is -1.07. The summed E-state index contributed by atoms with van der Waals surface area (Å²) >= 11 is 1.23. The zero-order chi connectivity index (χ0) is 21.6. The maximum Gasteiger partial charge on any atom is 0.352 e. The number of carbonyl (C=O) groups excluding carboxylic acids is 3. The lowest BCUT2D eigenvalue weighted by atomic mass is 10.1. The van der Waals surface area contributed by atoms with Crippen molar-refractivity contribution in [3.63, 3.8) is 0 Å². The standard InChI is InChI=1S/C19H14N4O6S/c1-19(10-2-5-12(24)6-3-10)22(15(25)9-30-19)18(27)21-16-13-7-4-11(23(28)29)8-14(13)20-17(16)26/h2-8,24H,9H2,1H3,(H,20,21,26,27). The lowest BCUT2D eigenvalue weighted by Crippen LogP contribution is -2.43. The summed E-state index contributed by atoms with van der Waals surface area (Å²) in [4.78, 5) is 51.9. The molecule has 4 rings (SSSR count). The van der Waals surface area contributed by atoms with Crippen molar-refractivity contribution < 1.29 is 24.4 Å². The molecule has 30 heavy (non-hydrogen) atoms. The number of urea groups is 1. The number of imide groups is 1. The van der Waals surface area contributed by atoms with Gasteiger partial charge in [0.15, 0.2) is 0 Å². The third-order valence-electron chi connectivity index (χ3n) is 4.89. The molecule has 0 radical (unpaired) electrons. The molecule has 2 aromatic carbocycles. The molecule has 2 aliphatic heterocycles. The van der Waals surface area contributed by atoms with Crippen LogP contribution in [0.3, 0.4) is 0 Å². The summed E-state index contributed by atoms with van der Waals surface area (Å²) in [6, 6.07) is 8.90. The largest absolute Gasteiger partial charge is 0.508 e. The van der Waals surface area contributed by atoms with Gasteiger partial charge in [0.1, 0.15) is 16.3 Å². The van der Waals surface area contributed by atoms with E-state index in [-0.39, 0.29) is 34.2 Å². The molecule has 1 saturated heterocycles. The molecule has 1 fully saturated rings. The molecular formula is C19H14N4O6S. The number of nitrogens with zero attached hydrogens (tertiary/aromatic N) is 3. The third kappa shape index (κ3) is 3.08. The highest BCUT2D eigenvalue weighted by molar-refractivity contribution is 8.01. The number of amides is 4. The Morgan fingerprint density at radius 2 is 1.97 bits per heavy atom. The minimum atomic E-state index is -1.07. The van der Waals surface area contributed by atoms with Crippen LogP contribution in [0.4, 0.5) is 16.2 Å². The van der Waals surface area contributed by atoms with E-state index in [0.717, 1.165) is 4.90 Å². The van der Waals surface area contributed by atoms with E-state index in [1.165, 1.54) is 42.1 Å². The number of nitro benzene ring substituents is 1. The number of aliphatic imine (C=N–C) groups is 1. The van der Waals surface area contributed by atoms with Crippen LogP contribution < -0.4 is 5.32 Å². The van der Waals surface area contributed by atoms with Gasteiger partial charge in [-0.25, -0.2) is 9.69 Å². The van der Waals surface area contributed by atoms with E-state index >= 15 is 0 Å². The quantitative estimate of drug-likeness (QED) is 0.555. The maximum atomic E-state index is 13.0. The first-order valence-electron chi connectivity index (χ1n) is 8.70. The van der Waals surface area contributed by atoms with E-state index in [4.69, 9.17) is 0 Å². The molecule has 1 atom stereocenters. The Balaban J connectivity index is 1.71. The second-order valence-corrected chi connectivity index (χ2v) is 8.10. The maximum absolute atomic E-state index is 13.0. The number of non-ortho nitro benzene ring substituents is 1. The Hall–Kier alpha value is -3.73. The average molecular weight is 426 g/mol. The van der Waals surface area contributed by atoms with Crippen molar-refractivity contribution in [1.29, 1.82) is 0 Å². The van der Waals surface area contributed by atoms with Crippen LogP contribution in [0.1, 0.15) is 18.1 Å². The number of carbonyl (C=O) groups is 3. The van der Waals surface area contributed by atoms with Crippen LogP contribution in [-0.2, 0) is 14.5 Å². The third-order valence-corrected chi connectivity index (χ3v) is 6.26. The highest BCUT2D eigenvalue weighted by atomic mass is 32.2. The van der Waals surface area contributed by atoms with Crippen molar-refractivity contribution in [2.75, 3.05) is 11.1 Å². The number of thioether (sulfide) groups is 1. The lowest BCUT2D eigenvalue weighted by Gasteiger charge is -2.31. The van der Waals surface area contributed by atoms with Crippen LogP contribution in [0.25, 0.3) is 0 Å². The van der Waals surface area contributed by atoms with Crippen molar-refractivity contribution in [1.82, 2.24) is 4.90 Å². The van der Waals surface area contributed by atoms with Crippen LogP contribution >= 0.6 is 11.8 Å². The van der Waals surface area contributed by atoms with Crippen LogP contribution in [0.5, 0.6) is 5.75 Å². The number of anilines is 1. The number of benzene rings is 2. The molecule has 2 aliphatic rings. The van der Waals surface area contributed by atoms with E-state index in [1.807, 2.05) is 0 Å². The highest BCUT2D eigenvalue weighted by Gasteiger charge is 2.48. The van der Waals surface area contributed by atoms with Gasteiger partial charge >= 0.3 is 6.03 Å². The van der Waals surface area contributed by atoms with E-state index in [1.54, 1.807) is 19.1 Å². The van der Waals surface area contributed by atoms with Crippen molar-refractivity contribution in [2.45, 2.75) is 11.8 Å². The second-order valence-electron chi connectivity index (χ2n) is 6.73. The Morgan fingerprint density at radius 1 is 1.27 bits per heavy atom. The molecule has 0 aliphatic carbocycles. The Kier molecular flexibility index (Phi) is 4.54. The Bertz CT molecular complexity index is 1150. The average Bonchev–Trinajstić information content (AvgIpc) is 3.18. The zero-order valence-electron chi connectivity index (χ0n) is 15.5. The fourth-order valence-electron chi connectivity index (χ4n) is 3.36. The second kappa shape index (κ2) is 6.95. The minimum absolute atomic E-state index is 0.0446. The molecule has 2 N–H and O–H groups in total. The summed E-state index contributed by atoms with van der Waals surface area (Å²) < 4.78 is 0. The van der Waals surface area contributed by atoms with Crippen molar-refractivity contribution in [3.05, 3.63) is 63.7 Å². The number of hydrogen-bond acceptors (Lipinski definition) is 7. The van der Waals surface area contributed by atoms with Crippen LogP contribution in [0.2, 0.25) is 0 Å². The summed E-state index contributed by atoms with van der Waals surface area (Å²) in [6.07, 6.45) is 0. The SMILES string of the molecule is CC1(c2ccc(O)cc2)SCC(=O)N1C(=O)N=C1C(=O)Nc2cc([N+](=O)[O-])ccc21. The van der Waals surface area contributed by atoms with Crippen molar-refractivity contribution in [3.8, 4) is 5.75 Å². The normalized spacial score (nSPS) is 21.6. The first kappa shape index (κ1) is 19.6. The Labute approximate surface area is 173 Å². The fourth-order valence-corrected chi connectivity index (χ4v) is 4.50. The summed E-state index contributed by atoms with van der Waals surface area (Å²) in [5.41, 5.74) is 0.584. The first-order valence-corrected chi connectivity index (χ1v) is 9.68. The molecular weight excluding hydrogens is 412 g/mol. The first-order chi connectivity index (χ1) is 14.2. The van der Waals surface area contributed by atoms with E-state index in [2.05, 4.69) is 10.3 Å². The topological polar surface area (TPSA) is 142 Å². The monoisotopic (exact) mass is 426 g/mol. The molecule has 1 unspecified atom stereocenters. The zero-order valence-corrected chi connectivity index (χ0v) is 16.3. The van der Waals surface area contributed by atoms with E-state index in [0.29, 0.717) is 5.56 Å². The van der Waals surface area contributed by atoms with Gasteiger partial charge in [-0.15, -0.1) is 11.8 Å². The Morgan fingerprint density at radius 3 is 2.63 bits per heavy atom. The fraction of sp³-hybridized carbons (Fsp3) is 0.158. The molecule has 10 nitrogen and oxygen atoms in total. The predicted octanol–water partition coefficient (Wildman–Crippen LogP) is 2.61. The number of nitrogens with one attached hydrogen (secondary N) is 1. The summed E-state index contributed by atoms with van der Waals surface area (Å²) in [7, 11) is 0. The summed E-state index contributed by atoms with van der Waals surface area (Å²) in [6.45, 7) is 1.68. The van der Waals surface area contributed by atoms with Gasteiger partial charge in [0.2, 0.25) is 5.91 Å². The van der Waals surface area contributed by atoms with Crippen molar-refractivity contribution >= 4 is 46.7 Å². The molecule has 0 bridgehead atoms. The molecule has 2 heterocycles. The van der Waals surface area contributed by atoms with E-state index in [9.17, 15) is 29.6 Å². The van der Waals surface area contributed by atoms with Gasteiger partial charge in [-0.2, -0.15) is 4.99 Å². The predicted molar refractivity (Wildman–Crippen MR) is 108 cm³/mol. The number of aromatic hydroxyl groups is 1. The number of rotatable bonds is 2. The number of phenolic OH excluding ortho intramolecular Hbond substituents is 1. The van der Waals surface area contributed by atoms with Gasteiger partial charge in [-0.05, 0) is 30.7 Å². The molecule has 0 spiro atoms.